The van der Waals surface area contributed by atoms with Gasteiger partial charge in [0, 0.05) is 12.6 Å². The molecule has 1 aromatic rings. The summed E-state index contributed by atoms with van der Waals surface area (Å²) in [6.07, 6.45) is 1.30. The Balaban J connectivity index is 0.00000128. The van der Waals surface area contributed by atoms with Gasteiger partial charge in [-0.1, -0.05) is 18.2 Å². The third-order valence-electron chi connectivity index (χ3n) is 2.23. The van der Waals surface area contributed by atoms with Gasteiger partial charge in [-0.2, -0.15) is 0 Å². The molecular weight excluding hydrogens is 206 g/mol. The number of rotatable bonds is 2. The minimum Gasteiger partial charge on any atom is -0.344 e. The lowest BCUT2D eigenvalue weighted by Gasteiger charge is -2.02. The van der Waals surface area contributed by atoms with Gasteiger partial charge in [0.25, 0.3) is 11.8 Å². The zero-order chi connectivity index (χ0) is 10.8. The molecule has 0 bridgehead atoms. The SMILES string of the molecule is N.NCc1cccc(C2=CC(=O)NC2=O)c1. The van der Waals surface area contributed by atoms with Crippen LogP contribution in [0.2, 0.25) is 0 Å². The second-order valence-electron chi connectivity index (χ2n) is 3.28. The van der Waals surface area contributed by atoms with E-state index < -0.39 is 0 Å². The lowest BCUT2D eigenvalue weighted by Crippen LogP contribution is -2.21. The summed E-state index contributed by atoms with van der Waals surface area (Å²) in [5, 5.41) is 2.20. The number of carbonyl (C=O) groups excluding carboxylic acids is 2. The maximum atomic E-state index is 11.4. The normalized spacial score (nSPS) is 14.2. The molecule has 0 aliphatic carbocycles. The molecule has 2 rings (SSSR count). The van der Waals surface area contributed by atoms with Crippen molar-refractivity contribution in [3.05, 3.63) is 41.5 Å². The van der Waals surface area contributed by atoms with Crippen LogP contribution in [0.4, 0.5) is 0 Å². The maximum Gasteiger partial charge on any atom is 0.258 e. The first-order chi connectivity index (χ1) is 7.20. The number of hydrogen-bond donors (Lipinski definition) is 3. The van der Waals surface area contributed by atoms with E-state index in [9.17, 15) is 9.59 Å². The van der Waals surface area contributed by atoms with E-state index in [1.807, 2.05) is 18.2 Å². The van der Waals surface area contributed by atoms with E-state index in [2.05, 4.69) is 5.32 Å². The molecule has 0 saturated heterocycles. The van der Waals surface area contributed by atoms with E-state index in [0.29, 0.717) is 12.1 Å². The summed E-state index contributed by atoms with van der Waals surface area (Å²) in [6.45, 7) is 0.413. The van der Waals surface area contributed by atoms with Crippen molar-refractivity contribution in [2.24, 2.45) is 5.73 Å². The topological polar surface area (TPSA) is 107 Å². The van der Waals surface area contributed by atoms with Crippen molar-refractivity contribution >= 4 is 17.4 Å². The zero-order valence-corrected chi connectivity index (χ0v) is 8.69. The van der Waals surface area contributed by atoms with Crippen LogP contribution in [0.5, 0.6) is 0 Å². The molecular formula is C11H13N3O2. The highest BCUT2D eigenvalue weighted by atomic mass is 16.2. The summed E-state index contributed by atoms with van der Waals surface area (Å²) in [4.78, 5) is 22.3. The van der Waals surface area contributed by atoms with Crippen LogP contribution in [0.1, 0.15) is 11.1 Å². The number of hydrogen-bond acceptors (Lipinski definition) is 4. The van der Waals surface area contributed by atoms with Gasteiger partial charge in [0.1, 0.15) is 0 Å². The van der Waals surface area contributed by atoms with E-state index in [1.165, 1.54) is 6.08 Å². The van der Waals surface area contributed by atoms with Crippen molar-refractivity contribution in [2.75, 3.05) is 0 Å². The summed E-state index contributed by atoms with van der Waals surface area (Å²) >= 11 is 0. The molecule has 1 aliphatic rings. The Morgan fingerprint density at radius 3 is 2.56 bits per heavy atom. The predicted molar refractivity (Wildman–Crippen MR) is 60.5 cm³/mol. The van der Waals surface area contributed by atoms with Gasteiger partial charge in [-0.25, -0.2) is 0 Å². The van der Waals surface area contributed by atoms with Gasteiger partial charge in [0.15, 0.2) is 0 Å². The first-order valence-electron chi connectivity index (χ1n) is 4.57. The lowest BCUT2D eigenvalue weighted by molar-refractivity contribution is -0.123. The molecule has 0 unspecified atom stereocenters. The molecule has 0 spiro atoms. The third kappa shape index (κ3) is 2.16. The summed E-state index contributed by atoms with van der Waals surface area (Å²) in [7, 11) is 0. The van der Waals surface area contributed by atoms with E-state index >= 15 is 0 Å². The largest absolute Gasteiger partial charge is 0.344 e. The van der Waals surface area contributed by atoms with Crippen LogP contribution < -0.4 is 17.2 Å². The van der Waals surface area contributed by atoms with E-state index in [4.69, 9.17) is 5.73 Å². The van der Waals surface area contributed by atoms with Crippen molar-refractivity contribution in [3.8, 4) is 0 Å². The zero-order valence-electron chi connectivity index (χ0n) is 8.69. The van der Waals surface area contributed by atoms with Crippen molar-refractivity contribution in [1.82, 2.24) is 11.5 Å². The van der Waals surface area contributed by atoms with Crippen LogP contribution in [-0.4, -0.2) is 11.8 Å². The van der Waals surface area contributed by atoms with Gasteiger partial charge in [-0.15, -0.1) is 0 Å². The monoisotopic (exact) mass is 219 g/mol. The van der Waals surface area contributed by atoms with Crippen LogP contribution in [0.25, 0.3) is 5.57 Å². The second-order valence-corrected chi connectivity index (χ2v) is 3.28. The fourth-order valence-electron chi connectivity index (χ4n) is 1.49. The van der Waals surface area contributed by atoms with Gasteiger partial charge in [0.2, 0.25) is 0 Å². The van der Waals surface area contributed by atoms with Crippen LogP contribution >= 0.6 is 0 Å². The smallest absolute Gasteiger partial charge is 0.258 e. The molecule has 0 atom stereocenters. The average molecular weight is 219 g/mol. The molecule has 0 aromatic heterocycles. The van der Waals surface area contributed by atoms with Crippen LogP contribution in [0.3, 0.4) is 0 Å². The number of amides is 2. The number of nitrogens with two attached hydrogens (primary N) is 1. The Hall–Kier alpha value is -1.98. The molecule has 5 heteroatoms. The average Bonchev–Trinajstić information content (AvgIpc) is 2.58. The van der Waals surface area contributed by atoms with Crippen LogP contribution in [0.15, 0.2) is 30.3 Å². The van der Waals surface area contributed by atoms with Gasteiger partial charge >= 0.3 is 0 Å². The molecule has 6 N–H and O–H groups in total. The molecule has 0 fully saturated rings. The standard InChI is InChI=1S/C11H10N2O2.H3N/c12-6-7-2-1-3-8(4-7)9-5-10(14)13-11(9)15;/h1-5H,6,12H2,(H,13,14,15);1H3. The molecule has 84 valence electrons. The van der Waals surface area contributed by atoms with Crippen molar-refractivity contribution < 1.29 is 9.59 Å². The molecule has 0 saturated carbocycles. The summed E-state index contributed by atoms with van der Waals surface area (Å²) in [6, 6.07) is 7.28. The van der Waals surface area contributed by atoms with Gasteiger partial charge in [0.05, 0.1) is 5.57 Å². The van der Waals surface area contributed by atoms with E-state index in [-0.39, 0.29) is 18.0 Å². The van der Waals surface area contributed by atoms with Crippen LogP contribution in [-0.2, 0) is 16.1 Å². The fourth-order valence-corrected chi connectivity index (χ4v) is 1.49. The second kappa shape index (κ2) is 4.69. The summed E-state index contributed by atoms with van der Waals surface area (Å²) < 4.78 is 0. The number of imide groups is 1. The van der Waals surface area contributed by atoms with Crippen molar-refractivity contribution in [3.63, 3.8) is 0 Å². The molecule has 1 heterocycles. The number of nitrogens with one attached hydrogen (secondary N) is 1. The van der Waals surface area contributed by atoms with Gasteiger partial charge in [-0.3, -0.25) is 14.9 Å². The first kappa shape index (κ1) is 12.1. The summed E-state index contributed by atoms with van der Waals surface area (Å²) in [5.41, 5.74) is 7.55. The minimum absolute atomic E-state index is 0. The third-order valence-corrected chi connectivity index (χ3v) is 2.23. The fraction of sp³-hybridized carbons (Fsp3) is 0.0909. The first-order valence-corrected chi connectivity index (χ1v) is 4.57. The minimum atomic E-state index is -0.367. The molecule has 1 aliphatic heterocycles. The van der Waals surface area contributed by atoms with Gasteiger partial charge in [-0.05, 0) is 17.2 Å². The summed E-state index contributed by atoms with van der Waals surface area (Å²) in [5.74, 6) is -0.720. The van der Waals surface area contributed by atoms with E-state index in [1.54, 1.807) is 6.07 Å². The Kier molecular flexibility index (Phi) is 3.55. The van der Waals surface area contributed by atoms with E-state index in [0.717, 1.165) is 11.1 Å². The van der Waals surface area contributed by atoms with Crippen molar-refractivity contribution in [1.29, 1.82) is 0 Å². The Bertz CT molecular complexity index is 466. The Morgan fingerprint density at radius 2 is 2.00 bits per heavy atom. The molecule has 5 nitrogen and oxygen atoms in total. The number of benzene rings is 1. The predicted octanol–water partition coefficient (Wildman–Crippen LogP) is 0.347. The Morgan fingerprint density at radius 1 is 1.25 bits per heavy atom. The molecule has 1 aromatic carbocycles. The molecule has 0 radical (unpaired) electrons. The highest BCUT2D eigenvalue weighted by Crippen LogP contribution is 2.18. The highest BCUT2D eigenvalue weighted by molar-refractivity contribution is 6.33. The molecule has 2 amide bonds. The lowest BCUT2D eigenvalue weighted by atomic mass is 10.0. The quantitative estimate of drug-likeness (QED) is 0.623. The highest BCUT2D eigenvalue weighted by Gasteiger charge is 2.21. The maximum absolute atomic E-state index is 11.4. The number of carbonyl (C=O) groups is 2. The van der Waals surface area contributed by atoms with Crippen LogP contribution in [0, 0.1) is 0 Å². The Labute approximate surface area is 92.9 Å². The van der Waals surface area contributed by atoms with Gasteiger partial charge < -0.3 is 11.9 Å². The molecule has 16 heavy (non-hydrogen) atoms. The van der Waals surface area contributed by atoms with Crippen molar-refractivity contribution in [2.45, 2.75) is 6.54 Å².